The summed E-state index contributed by atoms with van der Waals surface area (Å²) in [6.07, 6.45) is 1.12. The first kappa shape index (κ1) is 10.3. The number of benzene rings is 1. The van der Waals surface area contributed by atoms with Crippen LogP contribution >= 0.6 is 0 Å². The van der Waals surface area contributed by atoms with Crippen LogP contribution in [0.4, 0.5) is 0 Å². The van der Waals surface area contributed by atoms with Crippen LogP contribution in [-0.4, -0.2) is 26.0 Å². The number of hydrogen-bond acceptors (Lipinski definition) is 0. The molecule has 2 heteroatoms. The van der Waals surface area contributed by atoms with Crippen molar-refractivity contribution in [2.24, 2.45) is 0 Å². The molecule has 0 heterocycles. The minimum absolute atomic E-state index is 0.584. The van der Waals surface area contributed by atoms with E-state index >= 15 is 0 Å². The van der Waals surface area contributed by atoms with E-state index in [2.05, 4.69) is 38.2 Å². The van der Waals surface area contributed by atoms with E-state index in [0.717, 1.165) is 19.5 Å². The maximum absolute atomic E-state index is 6.10. The van der Waals surface area contributed by atoms with E-state index in [1.165, 1.54) is 5.56 Å². The highest BCUT2D eigenvalue weighted by molar-refractivity contribution is 5.97. The Kier molecular flexibility index (Phi) is 3.55. The smallest absolute Gasteiger partial charge is 0.0577 e. The van der Waals surface area contributed by atoms with Crippen LogP contribution in [0.5, 0.6) is 0 Å². The number of hydrogen-bond donors (Lipinski definition) is 0. The first-order chi connectivity index (χ1) is 6.14. The van der Waals surface area contributed by atoms with Gasteiger partial charge in [0.1, 0.15) is 0 Å². The number of nitrogens with zero attached hydrogens (tertiary/aromatic N) is 1. The fourth-order valence-electron chi connectivity index (χ4n) is 1.59. The fraction of sp³-hybridized carbons (Fsp3) is 0.455. The van der Waals surface area contributed by atoms with Crippen molar-refractivity contribution in [3.05, 3.63) is 35.9 Å². The van der Waals surface area contributed by atoms with Crippen LogP contribution in [0.25, 0.3) is 0 Å². The normalized spacial score (nSPS) is 15.3. The van der Waals surface area contributed by atoms with Crippen molar-refractivity contribution in [1.82, 2.24) is 0 Å². The van der Waals surface area contributed by atoms with Crippen LogP contribution in [0, 0.1) is 0 Å². The molecule has 69 valence electrons. The van der Waals surface area contributed by atoms with E-state index in [4.69, 9.17) is 7.98 Å². The van der Waals surface area contributed by atoms with Gasteiger partial charge in [0, 0.05) is 19.2 Å². The molecule has 1 aromatic carbocycles. The SMILES string of the molecule is [B-][N+](C)(CCC)Cc1ccccc1. The highest BCUT2D eigenvalue weighted by Crippen LogP contribution is 2.08. The second-order valence-corrected chi connectivity index (χ2v) is 3.85. The van der Waals surface area contributed by atoms with Crippen molar-refractivity contribution < 1.29 is 4.39 Å². The molecule has 0 N–H and O–H groups in total. The summed E-state index contributed by atoms with van der Waals surface area (Å²) in [5.74, 6) is 0. The Morgan fingerprint density at radius 1 is 1.23 bits per heavy atom. The third kappa shape index (κ3) is 3.64. The summed E-state index contributed by atoms with van der Waals surface area (Å²) in [5.41, 5.74) is 1.31. The van der Waals surface area contributed by atoms with E-state index in [1.54, 1.807) is 0 Å². The van der Waals surface area contributed by atoms with Gasteiger partial charge >= 0.3 is 0 Å². The molecule has 0 aliphatic heterocycles. The molecule has 3 radical (unpaired) electrons. The lowest BCUT2D eigenvalue weighted by molar-refractivity contribution is -0.810. The van der Waals surface area contributed by atoms with Crippen molar-refractivity contribution in [2.75, 3.05) is 13.6 Å². The van der Waals surface area contributed by atoms with Crippen LogP contribution in [0.3, 0.4) is 0 Å². The van der Waals surface area contributed by atoms with Crippen molar-refractivity contribution in [3.8, 4) is 0 Å². The quantitative estimate of drug-likeness (QED) is 0.613. The van der Waals surface area contributed by atoms with Crippen LogP contribution < -0.4 is 0 Å². The molecule has 1 atom stereocenters. The van der Waals surface area contributed by atoms with Gasteiger partial charge in [-0.1, -0.05) is 37.3 Å². The molecule has 0 amide bonds. The van der Waals surface area contributed by atoms with Crippen LogP contribution in [-0.2, 0) is 6.54 Å². The monoisotopic (exact) mass is 174 g/mol. The van der Waals surface area contributed by atoms with Gasteiger partial charge in [-0.2, -0.15) is 0 Å². The molecule has 0 saturated carbocycles. The molecule has 13 heavy (non-hydrogen) atoms. The summed E-state index contributed by atoms with van der Waals surface area (Å²) in [5, 5.41) is 0. The highest BCUT2D eigenvalue weighted by atomic mass is 15.2. The van der Waals surface area contributed by atoms with Crippen LogP contribution in [0.1, 0.15) is 18.9 Å². The number of quaternary nitrogens is 1. The molecule has 0 aliphatic rings. The molecular weight excluding hydrogens is 157 g/mol. The summed E-state index contributed by atoms with van der Waals surface area (Å²) < 4.78 is 0.584. The molecule has 1 nitrogen and oxygen atoms in total. The zero-order valence-corrected chi connectivity index (χ0v) is 8.53. The third-order valence-corrected chi connectivity index (χ3v) is 2.12. The van der Waals surface area contributed by atoms with Gasteiger partial charge in [0.05, 0.1) is 6.54 Å². The molecule has 0 aliphatic carbocycles. The summed E-state index contributed by atoms with van der Waals surface area (Å²) in [6.45, 7) is 4.10. The Labute approximate surface area is 82.4 Å². The van der Waals surface area contributed by atoms with Crippen LogP contribution in [0.2, 0.25) is 0 Å². The maximum atomic E-state index is 6.10. The van der Waals surface area contributed by atoms with Crippen molar-refractivity contribution in [1.29, 1.82) is 0 Å². The first-order valence-electron chi connectivity index (χ1n) is 4.81. The van der Waals surface area contributed by atoms with Gasteiger partial charge in [0.15, 0.2) is 0 Å². The molecule has 0 aromatic heterocycles. The third-order valence-electron chi connectivity index (χ3n) is 2.12. The molecule has 1 aromatic rings. The topological polar surface area (TPSA) is 0 Å². The average molecular weight is 174 g/mol. The first-order valence-corrected chi connectivity index (χ1v) is 4.81. The largest absolute Gasteiger partial charge is 0.587 e. The predicted octanol–water partition coefficient (Wildman–Crippen LogP) is 2.13. The van der Waals surface area contributed by atoms with Gasteiger partial charge in [-0.3, -0.25) is 0 Å². The number of rotatable bonds is 4. The van der Waals surface area contributed by atoms with Gasteiger partial charge in [-0.05, 0) is 6.42 Å². The van der Waals surface area contributed by atoms with Gasteiger partial charge in [0.2, 0.25) is 0 Å². The lowest BCUT2D eigenvalue weighted by atomic mass is 10.1. The van der Waals surface area contributed by atoms with Crippen LogP contribution in [0.15, 0.2) is 30.3 Å². The highest BCUT2D eigenvalue weighted by Gasteiger charge is 2.02. The standard InChI is InChI=1S/C11H17BN/c1-3-9-13(2,12)10-11-7-5-4-6-8-11/h4-8H,3,9-10H2,1-2H3. The maximum Gasteiger partial charge on any atom is 0.0577 e. The van der Waals surface area contributed by atoms with E-state index in [0.29, 0.717) is 4.39 Å². The Morgan fingerprint density at radius 2 is 1.85 bits per heavy atom. The molecule has 1 unspecified atom stereocenters. The van der Waals surface area contributed by atoms with Gasteiger partial charge in [-0.25, -0.2) is 7.98 Å². The van der Waals surface area contributed by atoms with E-state index in [9.17, 15) is 0 Å². The molecule has 0 bridgehead atoms. The second kappa shape index (κ2) is 4.47. The molecule has 1 rings (SSSR count). The van der Waals surface area contributed by atoms with E-state index in [-0.39, 0.29) is 0 Å². The van der Waals surface area contributed by atoms with Crippen molar-refractivity contribution in [3.63, 3.8) is 0 Å². The summed E-state index contributed by atoms with van der Waals surface area (Å²) in [4.78, 5) is 0. The van der Waals surface area contributed by atoms with Gasteiger partial charge in [0.25, 0.3) is 0 Å². The van der Waals surface area contributed by atoms with E-state index < -0.39 is 0 Å². The second-order valence-electron chi connectivity index (χ2n) is 3.85. The minimum atomic E-state index is 0.584. The molecule has 0 spiro atoms. The summed E-state index contributed by atoms with van der Waals surface area (Å²) in [6, 6.07) is 10.4. The predicted molar refractivity (Wildman–Crippen MR) is 57.2 cm³/mol. The zero-order chi connectivity index (χ0) is 9.73. The molecule has 0 saturated heterocycles. The molecular formula is C11H17BN. The summed E-state index contributed by atoms with van der Waals surface area (Å²) >= 11 is 0. The Hall–Kier alpha value is -0.755. The summed E-state index contributed by atoms with van der Waals surface area (Å²) in [7, 11) is 8.16. The lowest BCUT2D eigenvalue weighted by Gasteiger charge is -2.45. The zero-order valence-electron chi connectivity index (χ0n) is 8.53. The van der Waals surface area contributed by atoms with Gasteiger partial charge in [-0.15, -0.1) is 0 Å². The van der Waals surface area contributed by atoms with Gasteiger partial charge < -0.3 is 4.39 Å². The van der Waals surface area contributed by atoms with Crippen molar-refractivity contribution >= 4 is 7.98 Å². The fourth-order valence-corrected chi connectivity index (χ4v) is 1.59. The lowest BCUT2D eigenvalue weighted by Crippen LogP contribution is -2.40. The Bertz CT molecular complexity index is 244. The average Bonchev–Trinajstić information content (AvgIpc) is 2.04. The minimum Gasteiger partial charge on any atom is -0.587 e. The van der Waals surface area contributed by atoms with E-state index in [1.807, 2.05) is 6.07 Å². The van der Waals surface area contributed by atoms with Crippen molar-refractivity contribution in [2.45, 2.75) is 19.9 Å². The Balaban J connectivity index is 2.58. The Morgan fingerprint density at radius 3 is 2.38 bits per heavy atom. The molecule has 0 fully saturated rings.